The second-order valence-electron chi connectivity index (χ2n) is 7.30. The molecule has 2 N–H and O–H groups in total. The van der Waals surface area contributed by atoms with E-state index in [2.05, 4.69) is 44.8 Å². The van der Waals surface area contributed by atoms with Crippen LogP contribution in [0.5, 0.6) is 0 Å². The van der Waals surface area contributed by atoms with Crippen molar-refractivity contribution in [3.63, 3.8) is 0 Å². The van der Waals surface area contributed by atoms with Gasteiger partial charge in [0, 0.05) is 54.9 Å². The van der Waals surface area contributed by atoms with Gasteiger partial charge in [0.1, 0.15) is 0 Å². The van der Waals surface area contributed by atoms with Crippen molar-refractivity contribution in [2.24, 2.45) is 0 Å². The van der Waals surface area contributed by atoms with Gasteiger partial charge in [-0.2, -0.15) is 11.8 Å². The zero-order chi connectivity index (χ0) is 21.5. The number of nitrogens with one attached hydrogen (secondary N) is 2. The molecule has 0 aliphatic carbocycles. The first-order valence-electron chi connectivity index (χ1n) is 10.2. The molecule has 31 heavy (non-hydrogen) atoms. The van der Waals surface area contributed by atoms with Gasteiger partial charge in [0.05, 0.1) is 6.54 Å². The maximum atomic E-state index is 12.3. The lowest BCUT2D eigenvalue weighted by molar-refractivity contribution is 0.251. The highest BCUT2D eigenvalue weighted by Crippen LogP contribution is 2.20. The van der Waals surface area contributed by atoms with E-state index in [9.17, 15) is 9.59 Å². The number of carbonyl (C=O) groups excluding carboxylic acids is 1. The van der Waals surface area contributed by atoms with Gasteiger partial charge in [-0.05, 0) is 41.5 Å². The molecule has 1 aliphatic rings. The third kappa shape index (κ3) is 5.88. The van der Waals surface area contributed by atoms with Crippen LogP contribution in [0.4, 0.5) is 16.2 Å². The van der Waals surface area contributed by atoms with Gasteiger partial charge in [-0.15, -0.1) is 0 Å². The molecule has 8 heteroatoms. The van der Waals surface area contributed by atoms with Crippen LogP contribution in [0.3, 0.4) is 0 Å². The van der Waals surface area contributed by atoms with Gasteiger partial charge in [-0.1, -0.05) is 24.3 Å². The minimum absolute atomic E-state index is 0.271. The van der Waals surface area contributed by atoms with Crippen LogP contribution >= 0.6 is 11.8 Å². The second-order valence-corrected chi connectivity index (χ2v) is 8.53. The molecule has 0 radical (unpaired) electrons. The molecule has 1 fully saturated rings. The van der Waals surface area contributed by atoms with Crippen LogP contribution in [0.2, 0.25) is 0 Å². The number of hydrogen-bond acceptors (Lipinski definition) is 5. The van der Waals surface area contributed by atoms with Gasteiger partial charge in [0.25, 0.3) is 0 Å². The Hall–Kier alpha value is -3.26. The van der Waals surface area contributed by atoms with Crippen molar-refractivity contribution >= 4 is 29.2 Å². The average molecular weight is 436 g/mol. The first kappa shape index (κ1) is 21.0. The number of benzene rings is 2. The summed E-state index contributed by atoms with van der Waals surface area (Å²) in [6, 6.07) is 17.2. The van der Waals surface area contributed by atoms with Crippen molar-refractivity contribution < 1.29 is 4.79 Å². The number of thioether (sulfide) groups is 1. The standard InChI is InChI=1S/C23H25N5O2S/c29-22(25-16-18-5-7-21(8-6-18)27-11-13-31-14-12-27)26-20-4-1-3-19(15-20)17-28-10-2-9-24-23(28)30/h1-10,15H,11-14,16-17H2,(H2,25,26,29). The maximum Gasteiger partial charge on any atom is 0.347 e. The topological polar surface area (TPSA) is 79.3 Å². The molecule has 160 valence electrons. The maximum absolute atomic E-state index is 12.3. The Balaban J connectivity index is 1.30. The summed E-state index contributed by atoms with van der Waals surface area (Å²) in [6.07, 6.45) is 3.17. The molecule has 0 unspecified atom stereocenters. The lowest BCUT2D eigenvalue weighted by Crippen LogP contribution is -2.32. The van der Waals surface area contributed by atoms with E-state index in [0.29, 0.717) is 18.8 Å². The van der Waals surface area contributed by atoms with Gasteiger partial charge >= 0.3 is 11.7 Å². The van der Waals surface area contributed by atoms with Crippen LogP contribution in [0, 0.1) is 0 Å². The molecule has 0 spiro atoms. The molecule has 1 aliphatic heterocycles. The molecule has 1 saturated heterocycles. The smallest absolute Gasteiger partial charge is 0.347 e. The van der Waals surface area contributed by atoms with Crippen molar-refractivity contribution in [3.8, 4) is 0 Å². The fraction of sp³-hybridized carbons (Fsp3) is 0.261. The molecular weight excluding hydrogens is 410 g/mol. The normalized spacial score (nSPS) is 13.6. The summed E-state index contributed by atoms with van der Waals surface area (Å²) in [4.78, 5) is 30.3. The molecule has 2 aromatic carbocycles. The van der Waals surface area contributed by atoms with E-state index in [1.165, 1.54) is 28.0 Å². The lowest BCUT2D eigenvalue weighted by atomic mass is 10.2. The van der Waals surface area contributed by atoms with Crippen molar-refractivity contribution in [1.29, 1.82) is 0 Å². The van der Waals surface area contributed by atoms with E-state index in [1.807, 2.05) is 36.0 Å². The lowest BCUT2D eigenvalue weighted by Gasteiger charge is -2.28. The summed E-state index contributed by atoms with van der Waals surface area (Å²) >= 11 is 2.00. The summed E-state index contributed by atoms with van der Waals surface area (Å²) in [6.45, 7) is 3.01. The summed E-state index contributed by atoms with van der Waals surface area (Å²) in [7, 11) is 0. The third-order valence-corrected chi connectivity index (χ3v) is 6.03. The van der Waals surface area contributed by atoms with E-state index < -0.39 is 0 Å². The Labute approximate surface area is 185 Å². The van der Waals surface area contributed by atoms with E-state index >= 15 is 0 Å². The molecule has 1 aromatic heterocycles. The zero-order valence-corrected chi connectivity index (χ0v) is 18.0. The minimum atomic E-state index is -0.302. The predicted molar refractivity (Wildman–Crippen MR) is 126 cm³/mol. The van der Waals surface area contributed by atoms with Crippen LogP contribution in [0.15, 0.2) is 71.8 Å². The SMILES string of the molecule is O=C(NCc1ccc(N2CCSCC2)cc1)Nc1cccc(Cn2cccnc2=O)c1. The monoisotopic (exact) mass is 435 g/mol. The Morgan fingerprint density at radius 2 is 1.84 bits per heavy atom. The summed E-state index contributed by atoms with van der Waals surface area (Å²) < 4.78 is 1.52. The van der Waals surface area contributed by atoms with Crippen LogP contribution in [-0.4, -0.2) is 40.2 Å². The van der Waals surface area contributed by atoms with E-state index in [0.717, 1.165) is 24.2 Å². The Bertz CT molecular complexity index is 1080. The first-order valence-corrected chi connectivity index (χ1v) is 11.4. The van der Waals surface area contributed by atoms with Crippen molar-refractivity contribution in [1.82, 2.24) is 14.9 Å². The van der Waals surface area contributed by atoms with Crippen LogP contribution in [-0.2, 0) is 13.1 Å². The highest BCUT2D eigenvalue weighted by atomic mass is 32.2. The number of amides is 2. The number of hydrogen-bond donors (Lipinski definition) is 2. The van der Waals surface area contributed by atoms with Crippen molar-refractivity contribution in [3.05, 3.63) is 88.6 Å². The fourth-order valence-corrected chi connectivity index (χ4v) is 4.36. The van der Waals surface area contributed by atoms with Crippen LogP contribution in [0.25, 0.3) is 0 Å². The molecule has 7 nitrogen and oxygen atoms in total. The molecule has 0 atom stereocenters. The Morgan fingerprint density at radius 1 is 1.03 bits per heavy atom. The zero-order valence-electron chi connectivity index (χ0n) is 17.2. The van der Waals surface area contributed by atoms with Gasteiger partial charge in [-0.25, -0.2) is 14.6 Å². The van der Waals surface area contributed by atoms with E-state index in [1.54, 1.807) is 12.3 Å². The second kappa shape index (κ2) is 10.2. The van der Waals surface area contributed by atoms with Gasteiger partial charge in [0.15, 0.2) is 0 Å². The summed E-state index contributed by atoms with van der Waals surface area (Å²) in [5.41, 5.74) is 3.56. The minimum Gasteiger partial charge on any atom is -0.370 e. The molecule has 4 rings (SSSR count). The Kier molecular flexibility index (Phi) is 6.89. The van der Waals surface area contributed by atoms with Crippen molar-refractivity contribution in [2.75, 3.05) is 34.8 Å². The first-order chi connectivity index (χ1) is 15.2. The molecular formula is C23H25N5O2S. The highest BCUT2D eigenvalue weighted by molar-refractivity contribution is 7.99. The molecule has 0 bridgehead atoms. The number of anilines is 2. The van der Waals surface area contributed by atoms with E-state index in [-0.39, 0.29) is 11.7 Å². The summed E-state index contributed by atoms with van der Waals surface area (Å²) in [5.74, 6) is 2.34. The number of urea groups is 1. The number of aromatic nitrogens is 2. The average Bonchev–Trinajstić information content (AvgIpc) is 2.80. The predicted octanol–water partition coefficient (Wildman–Crippen LogP) is 3.17. The number of carbonyl (C=O) groups is 1. The van der Waals surface area contributed by atoms with Crippen molar-refractivity contribution in [2.45, 2.75) is 13.1 Å². The fourth-order valence-electron chi connectivity index (χ4n) is 3.46. The number of nitrogens with zero attached hydrogens (tertiary/aromatic N) is 3. The van der Waals surface area contributed by atoms with Crippen LogP contribution in [0.1, 0.15) is 11.1 Å². The Morgan fingerprint density at radius 3 is 2.61 bits per heavy atom. The van der Waals surface area contributed by atoms with Gasteiger partial charge in [-0.3, -0.25) is 4.57 Å². The molecule has 2 amide bonds. The van der Waals surface area contributed by atoms with Gasteiger partial charge < -0.3 is 15.5 Å². The quantitative estimate of drug-likeness (QED) is 0.622. The molecule has 2 heterocycles. The van der Waals surface area contributed by atoms with Crippen LogP contribution < -0.4 is 21.2 Å². The number of rotatable bonds is 6. The highest BCUT2D eigenvalue weighted by Gasteiger charge is 2.11. The summed E-state index contributed by atoms with van der Waals surface area (Å²) in [5, 5.41) is 5.74. The largest absolute Gasteiger partial charge is 0.370 e. The van der Waals surface area contributed by atoms with Gasteiger partial charge in [0.2, 0.25) is 0 Å². The van der Waals surface area contributed by atoms with E-state index in [4.69, 9.17) is 0 Å². The molecule has 3 aromatic rings. The molecule has 0 saturated carbocycles. The third-order valence-electron chi connectivity index (χ3n) is 5.09.